The molecule has 1 atom stereocenters. The molecule has 1 aliphatic heterocycles. The van der Waals surface area contributed by atoms with Crippen LogP contribution in [0.15, 0.2) is 24.3 Å². The Morgan fingerprint density at radius 1 is 1.33 bits per heavy atom. The van der Waals surface area contributed by atoms with Gasteiger partial charge in [0.15, 0.2) is 0 Å². The van der Waals surface area contributed by atoms with Crippen molar-refractivity contribution in [3.63, 3.8) is 0 Å². The molecule has 1 saturated heterocycles. The summed E-state index contributed by atoms with van der Waals surface area (Å²) in [5.74, 6) is -0.0920. The molecule has 1 fully saturated rings. The van der Waals surface area contributed by atoms with Gasteiger partial charge >= 0.3 is 0 Å². The van der Waals surface area contributed by atoms with Crippen molar-refractivity contribution in [2.24, 2.45) is 5.73 Å². The Morgan fingerprint density at radius 3 is 2.67 bits per heavy atom. The Bertz CT molecular complexity index is 419. The fourth-order valence-electron chi connectivity index (χ4n) is 3.11. The molecular weight excluding hydrogens is 267 g/mol. The average Bonchev–Trinajstić information content (AvgIpc) is 2.51. The second-order valence-corrected chi connectivity index (χ2v) is 5.69. The van der Waals surface area contributed by atoms with Gasteiger partial charge in [-0.25, -0.2) is 4.39 Å². The van der Waals surface area contributed by atoms with Crippen LogP contribution in [0.25, 0.3) is 0 Å². The van der Waals surface area contributed by atoms with Gasteiger partial charge in [0.2, 0.25) is 0 Å². The van der Waals surface area contributed by atoms with Gasteiger partial charge in [0.05, 0.1) is 6.10 Å². The van der Waals surface area contributed by atoms with Crippen LogP contribution < -0.4 is 5.73 Å². The van der Waals surface area contributed by atoms with Crippen LogP contribution in [0.2, 0.25) is 0 Å². The summed E-state index contributed by atoms with van der Waals surface area (Å²) in [6.45, 7) is 5.51. The van der Waals surface area contributed by atoms with Crippen LogP contribution in [-0.2, 0) is 4.74 Å². The molecule has 1 aromatic rings. The van der Waals surface area contributed by atoms with E-state index in [1.54, 1.807) is 12.1 Å². The van der Waals surface area contributed by atoms with Crippen LogP contribution in [0.1, 0.15) is 44.2 Å². The molecule has 1 unspecified atom stereocenters. The zero-order valence-corrected chi connectivity index (χ0v) is 12.9. The first-order valence-corrected chi connectivity index (χ1v) is 8.06. The van der Waals surface area contributed by atoms with E-state index in [2.05, 4.69) is 11.8 Å². The molecule has 2 N–H and O–H groups in total. The van der Waals surface area contributed by atoms with Crippen LogP contribution in [0.3, 0.4) is 0 Å². The number of piperidine rings is 1. The molecule has 21 heavy (non-hydrogen) atoms. The van der Waals surface area contributed by atoms with Crippen molar-refractivity contribution in [2.45, 2.75) is 44.8 Å². The quantitative estimate of drug-likeness (QED) is 0.785. The first-order chi connectivity index (χ1) is 10.3. The van der Waals surface area contributed by atoms with Crippen molar-refractivity contribution in [1.29, 1.82) is 0 Å². The number of nitrogens with two attached hydrogens (primary N) is 1. The van der Waals surface area contributed by atoms with Gasteiger partial charge in [-0.3, -0.25) is 4.90 Å². The van der Waals surface area contributed by atoms with Crippen molar-refractivity contribution < 1.29 is 9.13 Å². The summed E-state index contributed by atoms with van der Waals surface area (Å²) in [7, 11) is 0. The number of benzene rings is 1. The average molecular weight is 294 g/mol. The largest absolute Gasteiger partial charge is 0.378 e. The highest BCUT2D eigenvalue weighted by Crippen LogP contribution is 2.29. The molecule has 1 heterocycles. The van der Waals surface area contributed by atoms with Crippen LogP contribution in [0.4, 0.5) is 4.39 Å². The fraction of sp³-hybridized carbons (Fsp3) is 0.647. The summed E-state index contributed by atoms with van der Waals surface area (Å²) < 4.78 is 19.8. The fourth-order valence-corrected chi connectivity index (χ4v) is 3.11. The first-order valence-electron chi connectivity index (χ1n) is 8.06. The molecule has 4 heteroatoms. The summed E-state index contributed by atoms with van der Waals surface area (Å²) in [4.78, 5) is 2.39. The number of likely N-dealkylation sites (tertiary alicyclic amines) is 1. The summed E-state index contributed by atoms with van der Waals surface area (Å²) in [5.41, 5.74) is 6.30. The Kier molecular flexibility index (Phi) is 6.61. The number of rotatable bonds is 7. The standard InChI is InChI=1S/C17H27FN2O/c1-2-17(15-6-3-4-7-16(15)18)20-11-8-14(9-12-20)21-13-5-10-19/h3-4,6-7,14,17H,2,5,8-13,19H2,1H3. The summed E-state index contributed by atoms with van der Waals surface area (Å²) in [5, 5.41) is 0. The highest BCUT2D eigenvalue weighted by Gasteiger charge is 2.26. The van der Waals surface area contributed by atoms with Gasteiger partial charge in [0, 0.05) is 31.3 Å². The number of hydrogen-bond acceptors (Lipinski definition) is 3. The minimum Gasteiger partial charge on any atom is -0.378 e. The second kappa shape index (κ2) is 8.47. The smallest absolute Gasteiger partial charge is 0.127 e. The lowest BCUT2D eigenvalue weighted by Gasteiger charge is -2.37. The highest BCUT2D eigenvalue weighted by molar-refractivity contribution is 5.21. The first kappa shape index (κ1) is 16.4. The summed E-state index contributed by atoms with van der Waals surface area (Å²) in [6.07, 6.45) is 4.24. The lowest BCUT2D eigenvalue weighted by Crippen LogP contribution is -2.39. The van der Waals surface area contributed by atoms with Crippen LogP contribution >= 0.6 is 0 Å². The predicted octanol–water partition coefficient (Wildman–Crippen LogP) is 3.11. The molecular formula is C17H27FN2O. The summed E-state index contributed by atoms with van der Waals surface area (Å²) in [6, 6.07) is 7.32. The van der Waals surface area contributed by atoms with Crippen molar-refractivity contribution in [2.75, 3.05) is 26.2 Å². The maximum atomic E-state index is 14.0. The predicted molar refractivity (Wildman–Crippen MR) is 83.7 cm³/mol. The van der Waals surface area contributed by atoms with Gasteiger partial charge in [-0.05, 0) is 38.3 Å². The van der Waals surface area contributed by atoms with Crippen LogP contribution in [-0.4, -0.2) is 37.2 Å². The lowest BCUT2D eigenvalue weighted by atomic mass is 9.98. The van der Waals surface area contributed by atoms with E-state index in [-0.39, 0.29) is 11.9 Å². The SMILES string of the molecule is CCC(c1ccccc1F)N1CCC(OCCCN)CC1. The molecule has 0 amide bonds. The molecule has 1 aromatic carbocycles. The lowest BCUT2D eigenvalue weighted by molar-refractivity contribution is -0.00328. The molecule has 0 saturated carbocycles. The van der Waals surface area contributed by atoms with E-state index >= 15 is 0 Å². The molecule has 0 aromatic heterocycles. The molecule has 0 aliphatic carbocycles. The molecule has 0 radical (unpaired) electrons. The highest BCUT2D eigenvalue weighted by atomic mass is 19.1. The minimum atomic E-state index is -0.0920. The van der Waals surface area contributed by atoms with E-state index < -0.39 is 0 Å². The minimum absolute atomic E-state index is 0.0920. The van der Waals surface area contributed by atoms with E-state index in [1.807, 2.05) is 12.1 Å². The molecule has 1 aliphatic rings. The second-order valence-electron chi connectivity index (χ2n) is 5.69. The van der Waals surface area contributed by atoms with Gasteiger partial charge in [-0.15, -0.1) is 0 Å². The maximum Gasteiger partial charge on any atom is 0.127 e. The number of halogens is 1. The zero-order valence-electron chi connectivity index (χ0n) is 12.9. The van der Waals surface area contributed by atoms with Crippen molar-refractivity contribution in [1.82, 2.24) is 4.90 Å². The Balaban J connectivity index is 1.89. The van der Waals surface area contributed by atoms with E-state index in [0.29, 0.717) is 12.6 Å². The molecule has 0 spiro atoms. The number of ether oxygens (including phenoxy) is 1. The number of nitrogens with zero attached hydrogens (tertiary/aromatic N) is 1. The van der Waals surface area contributed by atoms with E-state index in [4.69, 9.17) is 10.5 Å². The Labute approximate surface area is 127 Å². The molecule has 0 bridgehead atoms. The monoisotopic (exact) mass is 294 g/mol. The molecule has 118 valence electrons. The van der Waals surface area contributed by atoms with E-state index in [9.17, 15) is 4.39 Å². The molecule has 2 rings (SSSR count). The van der Waals surface area contributed by atoms with Crippen molar-refractivity contribution >= 4 is 0 Å². The topological polar surface area (TPSA) is 38.5 Å². The van der Waals surface area contributed by atoms with Crippen molar-refractivity contribution in [3.8, 4) is 0 Å². The number of hydrogen-bond donors (Lipinski definition) is 1. The van der Waals surface area contributed by atoms with Gasteiger partial charge in [0.25, 0.3) is 0 Å². The van der Waals surface area contributed by atoms with Gasteiger partial charge in [0.1, 0.15) is 5.82 Å². The Hall–Kier alpha value is -0.970. The van der Waals surface area contributed by atoms with Gasteiger partial charge < -0.3 is 10.5 Å². The molecule has 3 nitrogen and oxygen atoms in total. The van der Waals surface area contributed by atoms with Crippen LogP contribution in [0, 0.1) is 5.82 Å². The maximum absolute atomic E-state index is 14.0. The van der Waals surface area contributed by atoms with Crippen molar-refractivity contribution in [3.05, 3.63) is 35.6 Å². The van der Waals surface area contributed by atoms with E-state index in [0.717, 1.165) is 50.9 Å². The van der Waals surface area contributed by atoms with Gasteiger partial charge in [-0.2, -0.15) is 0 Å². The normalized spacial score (nSPS) is 18.8. The third kappa shape index (κ3) is 4.50. The third-order valence-electron chi connectivity index (χ3n) is 4.27. The Morgan fingerprint density at radius 2 is 2.05 bits per heavy atom. The van der Waals surface area contributed by atoms with Gasteiger partial charge in [-0.1, -0.05) is 25.1 Å². The third-order valence-corrected chi connectivity index (χ3v) is 4.27. The van der Waals surface area contributed by atoms with Crippen LogP contribution in [0.5, 0.6) is 0 Å². The van der Waals surface area contributed by atoms with E-state index in [1.165, 1.54) is 0 Å². The zero-order chi connectivity index (χ0) is 15.1. The summed E-state index contributed by atoms with van der Waals surface area (Å²) >= 11 is 0.